The molecule has 1 saturated heterocycles. The van der Waals surface area contributed by atoms with Crippen LogP contribution in [0.2, 0.25) is 0 Å². The van der Waals surface area contributed by atoms with Crippen molar-refractivity contribution < 1.29 is 0 Å². The Morgan fingerprint density at radius 2 is 2.12 bits per heavy atom. The van der Waals surface area contributed by atoms with E-state index in [1.54, 1.807) is 11.3 Å². The van der Waals surface area contributed by atoms with E-state index in [1.165, 1.54) is 44.5 Å². The van der Waals surface area contributed by atoms with Gasteiger partial charge in [0.1, 0.15) is 0 Å². The third-order valence-corrected chi connectivity index (χ3v) is 5.38. The Bertz CT molecular complexity index is 456. The van der Waals surface area contributed by atoms with Gasteiger partial charge in [0.25, 0.3) is 0 Å². The third kappa shape index (κ3) is 7.27. The summed E-state index contributed by atoms with van der Waals surface area (Å²) in [6, 6.07) is 2.19. The maximum atomic E-state index is 4.85. The molecule has 4 nitrogen and oxygen atoms in total. The Morgan fingerprint density at radius 3 is 2.71 bits per heavy atom. The van der Waals surface area contributed by atoms with Crippen LogP contribution in [0.5, 0.6) is 0 Å². The Kier molecular flexibility index (Phi) is 10.9. The van der Waals surface area contributed by atoms with E-state index in [0.29, 0.717) is 0 Å². The fourth-order valence-electron chi connectivity index (χ4n) is 3.15. The quantitative estimate of drug-likeness (QED) is 0.378. The number of halogens is 1. The molecular weight excluding hydrogens is 431 g/mol. The molecule has 0 saturated carbocycles. The van der Waals surface area contributed by atoms with Gasteiger partial charge < -0.3 is 15.1 Å². The summed E-state index contributed by atoms with van der Waals surface area (Å²) in [6.07, 6.45) is 3.90. The molecule has 0 aromatic carbocycles. The van der Waals surface area contributed by atoms with Crippen molar-refractivity contribution >= 4 is 41.3 Å². The summed E-state index contributed by atoms with van der Waals surface area (Å²) in [5, 5.41) is 7.76. The van der Waals surface area contributed by atoms with E-state index in [9.17, 15) is 0 Å². The second-order valence-electron chi connectivity index (χ2n) is 6.39. The molecule has 1 fully saturated rings. The van der Waals surface area contributed by atoms with Gasteiger partial charge in [-0.1, -0.05) is 6.92 Å². The van der Waals surface area contributed by atoms with Gasteiger partial charge in [-0.2, -0.15) is 11.3 Å². The average Bonchev–Trinajstić information content (AvgIpc) is 3.07. The summed E-state index contributed by atoms with van der Waals surface area (Å²) in [5.74, 6) is 1.89. The smallest absolute Gasteiger partial charge is 0.193 e. The first-order valence-electron chi connectivity index (χ1n) is 8.95. The lowest BCUT2D eigenvalue weighted by Crippen LogP contribution is -2.38. The number of rotatable bonds is 7. The molecule has 0 radical (unpaired) electrons. The van der Waals surface area contributed by atoms with Gasteiger partial charge in [0, 0.05) is 26.7 Å². The SMILES string of the molecule is CCNC(=NCCC1CCN(CC)CC1)N(C)Cc1ccsc1.I. The van der Waals surface area contributed by atoms with Gasteiger partial charge in [-0.15, -0.1) is 24.0 Å². The number of hydrogen-bond donors (Lipinski definition) is 1. The van der Waals surface area contributed by atoms with Crippen LogP contribution in [0.4, 0.5) is 0 Å². The van der Waals surface area contributed by atoms with Crippen molar-refractivity contribution in [2.24, 2.45) is 10.9 Å². The van der Waals surface area contributed by atoms with Crippen LogP contribution in [-0.4, -0.2) is 55.5 Å². The third-order valence-electron chi connectivity index (χ3n) is 4.65. The van der Waals surface area contributed by atoms with Crippen molar-refractivity contribution in [2.45, 2.75) is 39.7 Å². The first-order chi connectivity index (χ1) is 11.2. The monoisotopic (exact) mass is 464 g/mol. The van der Waals surface area contributed by atoms with Gasteiger partial charge in [0.15, 0.2) is 5.96 Å². The lowest BCUT2D eigenvalue weighted by molar-refractivity contribution is 0.188. The summed E-state index contributed by atoms with van der Waals surface area (Å²) >= 11 is 1.75. The van der Waals surface area contributed by atoms with Gasteiger partial charge in [0.05, 0.1) is 0 Å². The van der Waals surface area contributed by atoms with Crippen molar-refractivity contribution in [1.29, 1.82) is 0 Å². The fraction of sp³-hybridized carbons (Fsp3) is 0.722. The minimum absolute atomic E-state index is 0. The summed E-state index contributed by atoms with van der Waals surface area (Å²) in [7, 11) is 2.12. The molecule has 1 aromatic rings. The van der Waals surface area contributed by atoms with Crippen LogP contribution in [0.25, 0.3) is 0 Å². The van der Waals surface area contributed by atoms with Gasteiger partial charge in [-0.05, 0) is 74.1 Å². The van der Waals surface area contributed by atoms with Gasteiger partial charge in [-0.25, -0.2) is 0 Å². The molecule has 2 rings (SSSR count). The zero-order valence-corrected chi connectivity index (χ0v) is 18.5. The predicted molar refractivity (Wildman–Crippen MR) is 117 cm³/mol. The van der Waals surface area contributed by atoms with E-state index in [2.05, 4.69) is 52.8 Å². The normalized spacial score (nSPS) is 16.7. The number of guanidine groups is 1. The number of piperidine rings is 1. The second kappa shape index (κ2) is 12.1. The van der Waals surface area contributed by atoms with Crippen LogP contribution in [0, 0.1) is 5.92 Å². The second-order valence-corrected chi connectivity index (χ2v) is 7.17. The summed E-state index contributed by atoms with van der Waals surface area (Å²) in [6.45, 7) is 10.9. The highest BCUT2D eigenvalue weighted by molar-refractivity contribution is 14.0. The number of nitrogens with one attached hydrogen (secondary N) is 1. The van der Waals surface area contributed by atoms with Crippen molar-refractivity contribution in [1.82, 2.24) is 15.1 Å². The lowest BCUT2D eigenvalue weighted by Gasteiger charge is -2.30. The maximum Gasteiger partial charge on any atom is 0.193 e. The molecule has 0 atom stereocenters. The van der Waals surface area contributed by atoms with Crippen molar-refractivity contribution in [3.8, 4) is 0 Å². The van der Waals surface area contributed by atoms with Gasteiger partial charge in [-0.3, -0.25) is 4.99 Å². The van der Waals surface area contributed by atoms with Crippen LogP contribution in [0.3, 0.4) is 0 Å². The highest BCUT2D eigenvalue weighted by atomic mass is 127. The Hall–Kier alpha value is -0.340. The van der Waals surface area contributed by atoms with Crippen LogP contribution in [0.15, 0.2) is 21.8 Å². The van der Waals surface area contributed by atoms with Crippen molar-refractivity contribution in [2.75, 3.05) is 39.8 Å². The molecule has 1 N–H and O–H groups in total. The van der Waals surface area contributed by atoms with Crippen LogP contribution >= 0.6 is 35.3 Å². The van der Waals surface area contributed by atoms with Crippen LogP contribution < -0.4 is 5.32 Å². The number of thiophene rings is 1. The zero-order valence-electron chi connectivity index (χ0n) is 15.3. The van der Waals surface area contributed by atoms with E-state index < -0.39 is 0 Å². The number of nitrogens with zero attached hydrogens (tertiary/aromatic N) is 3. The maximum absolute atomic E-state index is 4.85. The summed E-state index contributed by atoms with van der Waals surface area (Å²) < 4.78 is 0. The minimum atomic E-state index is 0. The van der Waals surface area contributed by atoms with Gasteiger partial charge >= 0.3 is 0 Å². The molecule has 0 aliphatic carbocycles. The predicted octanol–water partition coefficient (Wildman–Crippen LogP) is 3.89. The topological polar surface area (TPSA) is 30.9 Å². The Morgan fingerprint density at radius 1 is 1.38 bits per heavy atom. The molecule has 1 aromatic heterocycles. The number of hydrogen-bond acceptors (Lipinski definition) is 3. The lowest BCUT2D eigenvalue weighted by atomic mass is 9.94. The fourth-order valence-corrected chi connectivity index (χ4v) is 3.81. The average molecular weight is 464 g/mol. The largest absolute Gasteiger partial charge is 0.357 e. The van der Waals surface area contributed by atoms with Gasteiger partial charge in [0.2, 0.25) is 0 Å². The molecule has 1 aliphatic rings. The molecule has 0 spiro atoms. The van der Waals surface area contributed by atoms with E-state index in [1.807, 2.05) is 0 Å². The van der Waals surface area contributed by atoms with Crippen molar-refractivity contribution in [3.05, 3.63) is 22.4 Å². The van der Waals surface area contributed by atoms with E-state index in [-0.39, 0.29) is 24.0 Å². The number of likely N-dealkylation sites (tertiary alicyclic amines) is 1. The molecule has 6 heteroatoms. The van der Waals surface area contributed by atoms with Crippen molar-refractivity contribution in [3.63, 3.8) is 0 Å². The molecule has 0 unspecified atom stereocenters. The molecule has 138 valence electrons. The summed E-state index contributed by atoms with van der Waals surface area (Å²) in [5.41, 5.74) is 1.36. The molecule has 1 aliphatic heterocycles. The highest BCUT2D eigenvalue weighted by Gasteiger charge is 2.17. The van der Waals surface area contributed by atoms with Crippen LogP contribution in [0.1, 0.15) is 38.7 Å². The molecule has 0 bridgehead atoms. The molecular formula is C18H33IN4S. The Balaban J connectivity index is 0.00000288. The molecule has 2 heterocycles. The number of aliphatic imine (C=N–C) groups is 1. The first kappa shape index (κ1) is 21.7. The van der Waals surface area contributed by atoms with E-state index in [4.69, 9.17) is 4.99 Å². The molecule has 0 amide bonds. The minimum Gasteiger partial charge on any atom is -0.357 e. The highest BCUT2D eigenvalue weighted by Crippen LogP contribution is 2.20. The van der Waals surface area contributed by atoms with E-state index >= 15 is 0 Å². The standard InChI is InChI=1S/C18H32N4S.HI/c1-4-19-18(21(3)14-17-9-13-23-15-17)20-10-6-16-7-11-22(5-2)12-8-16;/h9,13,15-16H,4-8,10-12,14H2,1-3H3,(H,19,20);1H. The first-order valence-corrected chi connectivity index (χ1v) is 9.90. The molecule has 24 heavy (non-hydrogen) atoms. The zero-order chi connectivity index (χ0) is 16.5. The van der Waals surface area contributed by atoms with Crippen LogP contribution in [-0.2, 0) is 6.54 Å². The summed E-state index contributed by atoms with van der Waals surface area (Å²) in [4.78, 5) is 9.63. The Labute approximate surface area is 168 Å². The van der Waals surface area contributed by atoms with E-state index in [0.717, 1.165) is 31.5 Å².